The van der Waals surface area contributed by atoms with Gasteiger partial charge >= 0.3 is 0 Å². The molecule has 0 amide bonds. The van der Waals surface area contributed by atoms with Crippen LogP contribution in [-0.4, -0.2) is 30.4 Å². The fraction of sp³-hybridized carbons (Fsp3) is 0.429. The van der Waals surface area contributed by atoms with Gasteiger partial charge in [-0.25, -0.2) is 0 Å². The number of hydrogen-bond acceptors (Lipinski definition) is 4. The smallest absolute Gasteiger partial charge is 0.224 e. The van der Waals surface area contributed by atoms with Crippen LogP contribution < -0.4 is 0 Å². The largest absolute Gasteiger partial charge is 0.492 e. The molecule has 4 heteroatoms. The van der Waals surface area contributed by atoms with Gasteiger partial charge in [0.15, 0.2) is 11.5 Å². The van der Waals surface area contributed by atoms with Crippen molar-refractivity contribution in [2.45, 2.75) is 27.7 Å². The second-order valence-electron chi connectivity index (χ2n) is 4.45. The number of aliphatic hydroxyl groups excluding tert-OH is 1. The zero-order valence-electron chi connectivity index (χ0n) is 11.4. The summed E-state index contributed by atoms with van der Waals surface area (Å²) >= 11 is 0. The van der Waals surface area contributed by atoms with Crippen LogP contribution in [0.5, 0.6) is 0 Å². The van der Waals surface area contributed by atoms with Crippen molar-refractivity contribution >= 4 is 11.6 Å². The van der Waals surface area contributed by atoms with E-state index in [1.54, 1.807) is 13.8 Å². The first-order valence-electron chi connectivity index (χ1n) is 5.69. The Labute approximate surface area is 107 Å². The maximum Gasteiger partial charge on any atom is 0.224 e. The molecule has 18 heavy (non-hydrogen) atoms. The summed E-state index contributed by atoms with van der Waals surface area (Å²) in [6, 6.07) is 0. The van der Waals surface area contributed by atoms with Crippen LogP contribution in [0.4, 0.5) is 0 Å². The van der Waals surface area contributed by atoms with Gasteiger partial charge in [-0.2, -0.15) is 0 Å². The lowest BCUT2D eigenvalue weighted by Crippen LogP contribution is -2.26. The summed E-state index contributed by atoms with van der Waals surface area (Å²) in [5.41, 5.74) is 2.51. The minimum atomic E-state index is -0.499. The van der Waals surface area contributed by atoms with Crippen molar-refractivity contribution in [3.63, 3.8) is 0 Å². The molecule has 0 aromatic rings. The Hall–Kier alpha value is -1.68. The van der Waals surface area contributed by atoms with E-state index in [0.29, 0.717) is 11.1 Å². The molecule has 0 spiro atoms. The van der Waals surface area contributed by atoms with Crippen molar-refractivity contribution < 1.29 is 19.4 Å². The average Bonchev–Trinajstić information content (AvgIpc) is 2.33. The van der Waals surface area contributed by atoms with Crippen LogP contribution in [0.1, 0.15) is 27.7 Å². The van der Waals surface area contributed by atoms with Crippen molar-refractivity contribution in [3.05, 3.63) is 33.6 Å². The van der Waals surface area contributed by atoms with Crippen LogP contribution in [0.2, 0.25) is 0 Å². The number of ketones is 2. The number of Topliss-reactive ketones (excluding diaryl/α,β-unsaturated/α-hetero) is 2. The summed E-state index contributed by atoms with van der Waals surface area (Å²) in [5.74, 6) is -0.716. The van der Waals surface area contributed by atoms with Crippen molar-refractivity contribution in [1.82, 2.24) is 0 Å². The van der Waals surface area contributed by atoms with E-state index in [-0.39, 0.29) is 22.9 Å². The van der Waals surface area contributed by atoms with Gasteiger partial charge in [0.1, 0.15) is 0 Å². The van der Waals surface area contributed by atoms with Gasteiger partial charge in [-0.1, -0.05) is 5.57 Å². The Kier molecular flexibility index (Phi) is 4.24. The maximum absolute atomic E-state index is 12.3. The Morgan fingerprint density at radius 3 is 2.11 bits per heavy atom. The van der Waals surface area contributed by atoms with E-state index in [1.165, 1.54) is 7.11 Å². The number of carbonyl (C=O) groups excluding carboxylic acids is 2. The number of rotatable bonds is 3. The summed E-state index contributed by atoms with van der Waals surface area (Å²) in [7, 11) is 1.32. The van der Waals surface area contributed by atoms with E-state index in [2.05, 4.69) is 0 Å². The van der Waals surface area contributed by atoms with Gasteiger partial charge in [0, 0.05) is 11.1 Å². The zero-order chi connectivity index (χ0) is 14.0. The SMILES string of the molecule is COC1=C(CO)C(=O)C(C(C)=C(C)C)=C(C)C1=O. The minimum absolute atomic E-state index is 0.0312. The van der Waals surface area contributed by atoms with Crippen molar-refractivity contribution in [3.8, 4) is 0 Å². The Balaban J connectivity index is 3.50. The topological polar surface area (TPSA) is 63.6 Å². The lowest BCUT2D eigenvalue weighted by Gasteiger charge is -2.21. The predicted octanol–water partition coefficient (Wildman–Crippen LogP) is 1.70. The highest BCUT2D eigenvalue weighted by molar-refractivity contribution is 6.26. The summed E-state index contributed by atoms with van der Waals surface area (Å²) in [4.78, 5) is 24.4. The van der Waals surface area contributed by atoms with Gasteiger partial charge in [-0.05, 0) is 33.3 Å². The first-order chi connectivity index (χ1) is 8.36. The molecule has 0 aliphatic heterocycles. The summed E-state index contributed by atoms with van der Waals surface area (Å²) in [6.07, 6.45) is 0. The third-order valence-corrected chi connectivity index (χ3v) is 3.18. The Morgan fingerprint density at radius 1 is 1.17 bits per heavy atom. The molecule has 1 aliphatic carbocycles. The van der Waals surface area contributed by atoms with Gasteiger partial charge in [0.05, 0.1) is 19.3 Å². The van der Waals surface area contributed by atoms with Crippen molar-refractivity contribution in [2.75, 3.05) is 13.7 Å². The van der Waals surface area contributed by atoms with Gasteiger partial charge < -0.3 is 9.84 Å². The molecule has 98 valence electrons. The average molecular weight is 250 g/mol. The number of carbonyl (C=O) groups is 2. The number of ether oxygens (including phenoxy) is 1. The van der Waals surface area contributed by atoms with E-state index in [4.69, 9.17) is 4.74 Å². The maximum atomic E-state index is 12.3. The molecular formula is C14H18O4. The van der Waals surface area contributed by atoms with Gasteiger partial charge in [-0.15, -0.1) is 0 Å². The summed E-state index contributed by atoms with van der Waals surface area (Å²) in [5, 5.41) is 9.26. The van der Waals surface area contributed by atoms with Crippen molar-refractivity contribution in [1.29, 1.82) is 0 Å². The van der Waals surface area contributed by atoms with Gasteiger partial charge in [-0.3, -0.25) is 9.59 Å². The van der Waals surface area contributed by atoms with Gasteiger partial charge in [0.25, 0.3) is 0 Å². The predicted molar refractivity (Wildman–Crippen MR) is 67.9 cm³/mol. The first-order valence-corrected chi connectivity index (χ1v) is 5.69. The molecule has 0 radical (unpaired) electrons. The summed E-state index contributed by atoms with van der Waals surface area (Å²) in [6.45, 7) is 6.66. The quantitative estimate of drug-likeness (QED) is 0.774. The number of methoxy groups -OCH3 is 1. The number of allylic oxidation sites excluding steroid dienone is 4. The highest BCUT2D eigenvalue weighted by Gasteiger charge is 2.33. The third kappa shape index (κ3) is 2.16. The van der Waals surface area contributed by atoms with E-state index in [1.807, 2.05) is 13.8 Å². The lowest BCUT2D eigenvalue weighted by molar-refractivity contribution is -0.119. The first kappa shape index (κ1) is 14.4. The van der Waals surface area contributed by atoms with Crippen LogP contribution in [0, 0.1) is 0 Å². The molecular weight excluding hydrogens is 232 g/mol. The van der Waals surface area contributed by atoms with E-state index in [9.17, 15) is 14.7 Å². The van der Waals surface area contributed by atoms with Crippen LogP contribution >= 0.6 is 0 Å². The molecule has 4 nitrogen and oxygen atoms in total. The van der Waals surface area contributed by atoms with E-state index in [0.717, 1.165) is 11.1 Å². The summed E-state index contributed by atoms with van der Waals surface area (Å²) < 4.78 is 4.94. The highest BCUT2D eigenvalue weighted by Crippen LogP contribution is 2.30. The minimum Gasteiger partial charge on any atom is -0.492 e. The molecule has 1 N–H and O–H groups in total. The molecule has 0 unspecified atom stereocenters. The van der Waals surface area contributed by atoms with E-state index < -0.39 is 6.61 Å². The fourth-order valence-electron chi connectivity index (χ4n) is 1.91. The molecule has 1 aliphatic rings. The number of hydrogen-bond donors (Lipinski definition) is 1. The van der Waals surface area contributed by atoms with E-state index >= 15 is 0 Å². The molecule has 0 bridgehead atoms. The monoisotopic (exact) mass is 250 g/mol. The van der Waals surface area contributed by atoms with Crippen LogP contribution in [0.15, 0.2) is 33.6 Å². The van der Waals surface area contributed by atoms with Crippen LogP contribution in [0.3, 0.4) is 0 Å². The molecule has 0 fully saturated rings. The third-order valence-electron chi connectivity index (χ3n) is 3.18. The molecule has 0 atom stereocenters. The Morgan fingerprint density at radius 2 is 1.72 bits per heavy atom. The lowest BCUT2D eigenvalue weighted by atomic mass is 9.84. The fourth-order valence-corrected chi connectivity index (χ4v) is 1.91. The molecule has 1 rings (SSSR count). The molecule has 0 heterocycles. The Bertz CT molecular complexity index is 500. The highest BCUT2D eigenvalue weighted by atomic mass is 16.5. The molecule has 0 saturated carbocycles. The second-order valence-corrected chi connectivity index (χ2v) is 4.45. The van der Waals surface area contributed by atoms with Crippen LogP contribution in [-0.2, 0) is 14.3 Å². The molecule has 0 saturated heterocycles. The molecule has 0 aromatic heterocycles. The van der Waals surface area contributed by atoms with Crippen LogP contribution in [0.25, 0.3) is 0 Å². The zero-order valence-corrected chi connectivity index (χ0v) is 11.4. The second kappa shape index (κ2) is 5.31. The number of aliphatic hydroxyl groups is 1. The normalized spacial score (nSPS) is 16.3. The van der Waals surface area contributed by atoms with Crippen molar-refractivity contribution in [2.24, 2.45) is 0 Å². The van der Waals surface area contributed by atoms with Gasteiger partial charge in [0.2, 0.25) is 5.78 Å². The standard InChI is InChI=1S/C14H18O4/c1-7(2)8(3)11-9(4)12(16)14(18-5)10(6-15)13(11)17/h15H,6H2,1-5H3. The molecule has 0 aromatic carbocycles.